The van der Waals surface area contributed by atoms with Gasteiger partial charge < -0.3 is 26.2 Å². The van der Waals surface area contributed by atoms with E-state index < -0.39 is 0 Å². The lowest BCUT2D eigenvalue weighted by molar-refractivity contribution is -0.122. The van der Waals surface area contributed by atoms with Crippen LogP contribution < -0.4 is 16.0 Å². The molecule has 0 spiro atoms. The van der Waals surface area contributed by atoms with Gasteiger partial charge >= 0.3 is 0 Å². The highest BCUT2D eigenvalue weighted by molar-refractivity contribution is 5.52. The summed E-state index contributed by atoms with van der Waals surface area (Å²) in [6.07, 6.45) is 0.512. The van der Waals surface area contributed by atoms with Crippen LogP contribution in [0, 0.1) is 0 Å². The molecule has 2 heterocycles. The highest BCUT2D eigenvalue weighted by atomic mass is 16.3. The smallest absolute Gasteiger partial charge is 0.290 e. The molecule has 1 aliphatic heterocycles. The number of nitrogen functional groups attached to an aromatic ring is 1. The number of aliphatic hydroxyl groups excluding tert-OH is 1. The molecule has 8 heteroatoms. The van der Waals surface area contributed by atoms with Gasteiger partial charge in [0.25, 0.3) is 6.47 Å². The average molecular weight is 255 g/mol. The Kier molecular flexibility index (Phi) is 5.12. The van der Waals surface area contributed by atoms with Crippen LogP contribution in [0.3, 0.4) is 0 Å². The van der Waals surface area contributed by atoms with Gasteiger partial charge in [-0.2, -0.15) is 9.97 Å². The molecule has 1 aromatic rings. The Morgan fingerprint density at radius 2 is 2.28 bits per heavy atom. The van der Waals surface area contributed by atoms with Crippen molar-refractivity contribution in [3.63, 3.8) is 0 Å². The lowest BCUT2D eigenvalue weighted by Crippen LogP contribution is -2.23. The Hall–Kier alpha value is -2.09. The van der Waals surface area contributed by atoms with Crippen LogP contribution in [0.15, 0.2) is 6.07 Å². The molecule has 1 aliphatic rings. The van der Waals surface area contributed by atoms with Crippen molar-refractivity contribution in [3.05, 3.63) is 6.07 Å². The number of anilines is 3. The number of carboxylic acid groups (broad SMARTS) is 1. The van der Waals surface area contributed by atoms with E-state index in [4.69, 9.17) is 15.6 Å². The van der Waals surface area contributed by atoms with Crippen LogP contribution in [0.25, 0.3) is 0 Å². The normalized spacial score (nSPS) is 17.9. The molecule has 5 N–H and O–H groups in total. The number of nitrogens with two attached hydrogens (primary N) is 1. The molecule has 1 saturated heterocycles. The molecule has 18 heavy (non-hydrogen) atoms. The van der Waals surface area contributed by atoms with Crippen molar-refractivity contribution in [1.29, 1.82) is 0 Å². The van der Waals surface area contributed by atoms with Crippen molar-refractivity contribution in [2.75, 3.05) is 36.1 Å². The van der Waals surface area contributed by atoms with Gasteiger partial charge in [-0.15, -0.1) is 0 Å². The maximum absolute atomic E-state index is 9.42. The van der Waals surface area contributed by atoms with E-state index in [2.05, 4.69) is 15.3 Å². The van der Waals surface area contributed by atoms with Crippen LogP contribution in [0.2, 0.25) is 0 Å². The third-order valence-corrected chi connectivity index (χ3v) is 2.47. The first-order chi connectivity index (χ1) is 8.60. The van der Waals surface area contributed by atoms with Crippen LogP contribution >= 0.6 is 0 Å². The number of aromatic nitrogens is 2. The van der Waals surface area contributed by atoms with E-state index >= 15 is 0 Å². The van der Waals surface area contributed by atoms with E-state index in [-0.39, 0.29) is 18.5 Å². The van der Waals surface area contributed by atoms with Crippen LogP contribution in [0.5, 0.6) is 0 Å². The zero-order valence-corrected chi connectivity index (χ0v) is 10.1. The first-order valence-electron chi connectivity index (χ1n) is 5.44. The first kappa shape index (κ1) is 14.0. The van der Waals surface area contributed by atoms with Crippen LogP contribution in [-0.2, 0) is 4.79 Å². The molecule has 0 aliphatic carbocycles. The molecule has 1 fully saturated rings. The molecule has 0 bridgehead atoms. The Bertz CT molecular complexity index is 401. The quantitative estimate of drug-likeness (QED) is 0.515. The summed E-state index contributed by atoms with van der Waals surface area (Å²) in [5.74, 6) is 1.71. The minimum atomic E-state index is -0.265. The molecule has 8 nitrogen and oxygen atoms in total. The second kappa shape index (κ2) is 6.60. The maximum atomic E-state index is 9.42. The Labute approximate surface area is 104 Å². The predicted octanol–water partition coefficient (Wildman–Crippen LogP) is -0.628. The largest absolute Gasteiger partial charge is 0.483 e. The fraction of sp³-hybridized carbons (Fsp3) is 0.500. The van der Waals surface area contributed by atoms with Crippen LogP contribution in [0.4, 0.5) is 17.6 Å². The number of rotatable bonds is 2. The van der Waals surface area contributed by atoms with E-state index in [9.17, 15) is 5.11 Å². The summed E-state index contributed by atoms with van der Waals surface area (Å²) in [6.45, 7) is 1.17. The molecule has 1 unspecified atom stereocenters. The molecular formula is C10H17N5O3. The van der Waals surface area contributed by atoms with E-state index in [0.717, 1.165) is 18.8 Å². The minimum Gasteiger partial charge on any atom is -0.483 e. The van der Waals surface area contributed by atoms with Gasteiger partial charge in [-0.1, -0.05) is 0 Å². The highest BCUT2D eigenvalue weighted by Crippen LogP contribution is 2.21. The maximum Gasteiger partial charge on any atom is 0.290 e. The molecule has 0 amide bonds. The van der Waals surface area contributed by atoms with Gasteiger partial charge in [-0.3, -0.25) is 4.79 Å². The van der Waals surface area contributed by atoms with E-state index in [0.29, 0.717) is 12.4 Å². The number of hydrogen-bond donors (Lipinski definition) is 4. The number of hydrogen-bond acceptors (Lipinski definition) is 7. The molecule has 0 radical (unpaired) electrons. The Balaban J connectivity index is 0.000000492. The topological polar surface area (TPSA) is 125 Å². The average Bonchev–Trinajstić information content (AvgIpc) is 2.76. The van der Waals surface area contributed by atoms with Crippen molar-refractivity contribution in [1.82, 2.24) is 9.97 Å². The lowest BCUT2D eigenvalue weighted by Gasteiger charge is -2.17. The molecule has 1 aromatic heterocycles. The van der Waals surface area contributed by atoms with Gasteiger partial charge in [-0.05, 0) is 6.42 Å². The SMILES string of the molecule is CNc1cc(N2CCC(O)C2)nc(N)n1.O=CO. The highest BCUT2D eigenvalue weighted by Gasteiger charge is 2.21. The predicted molar refractivity (Wildman–Crippen MR) is 67.5 cm³/mol. The third kappa shape index (κ3) is 3.74. The fourth-order valence-corrected chi connectivity index (χ4v) is 1.69. The first-order valence-corrected chi connectivity index (χ1v) is 5.44. The summed E-state index contributed by atoms with van der Waals surface area (Å²) < 4.78 is 0. The molecule has 2 rings (SSSR count). The van der Waals surface area contributed by atoms with E-state index in [1.807, 2.05) is 11.0 Å². The molecule has 0 aromatic carbocycles. The van der Waals surface area contributed by atoms with Gasteiger partial charge in [0.15, 0.2) is 0 Å². The molecule has 1 atom stereocenters. The number of β-amino-alcohol motifs (C(OH)–C–C–N with tert-alkyl or cyclic N) is 1. The summed E-state index contributed by atoms with van der Waals surface area (Å²) in [4.78, 5) is 18.5. The molecule has 0 saturated carbocycles. The third-order valence-electron chi connectivity index (χ3n) is 2.47. The van der Waals surface area contributed by atoms with Gasteiger partial charge in [0, 0.05) is 26.2 Å². The zero-order valence-electron chi connectivity index (χ0n) is 10.1. The van der Waals surface area contributed by atoms with Gasteiger partial charge in [0.05, 0.1) is 6.10 Å². The van der Waals surface area contributed by atoms with Crippen LogP contribution in [0.1, 0.15) is 6.42 Å². The summed E-state index contributed by atoms with van der Waals surface area (Å²) >= 11 is 0. The number of carbonyl (C=O) groups is 1. The second-order valence-corrected chi connectivity index (χ2v) is 3.71. The molecule has 100 valence electrons. The van der Waals surface area contributed by atoms with Crippen LogP contribution in [-0.4, -0.2) is 52.9 Å². The van der Waals surface area contributed by atoms with E-state index in [1.54, 1.807) is 7.05 Å². The van der Waals surface area contributed by atoms with Gasteiger partial charge in [-0.25, -0.2) is 0 Å². The van der Waals surface area contributed by atoms with Crippen molar-refractivity contribution in [2.24, 2.45) is 0 Å². The summed E-state index contributed by atoms with van der Waals surface area (Å²) in [5.41, 5.74) is 5.59. The van der Waals surface area contributed by atoms with Crippen molar-refractivity contribution in [3.8, 4) is 0 Å². The second-order valence-electron chi connectivity index (χ2n) is 3.71. The van der Waals surface area contributed by atoms with Gasteiger partial charge in [0.1, 0.15) is 11.6 Å². The zero-order chi connectivity index (χ0) is 13.5. The number of nitrogens with one attached hydrogen (secondary N) is 1. The summed E-state index contributed by atoms with van der Waals surface area (Å²) in [5, 5.41) is 19.2. The van der Waals surface area contributed by atoms with Crippen molar-refractivity contribution < 1.29 is 15.0 Å². The Morgan fingerprint density at radius 1 is 1.61 bits per heavy atom. The Morgan fingerprint density at radius 3 is 2.78 bits per heavy atom. The number of aliphatic hydroxyl groups is 1. The lowest BCUT2D eigenvalue weighted by atomic mass is 10.3. The minimum absolute atomic E-state index is 0.248. The fourth-order valence-electron chi connectivity index (χ4n) is 1.69. The number of nitrogens with zero attached hydrogens (tertiary/aromatic N) is 3. The summed E-state index contributed by atoms with van der Waals surface area (Å²) in [6, 6.07) is 1.83. The van der Waals surface area contributed by atoms with Gasteiger partial charge in [0.2, 0.25) is 5.95 Å². The van der Waals surface area contributed by atoms with Crippen molar-refractivity contribution in [2.45, 2.75) is 12.5 Å². The van der Waals surface area contributed by atoms with Crippen molar-refractivity contribution >= 4 is 24.1 Å². The molecular weight excluding hydrogens is 238 g/mol. The monoisotopic (exact) mass is 255 g/mol. The summed E-state index contributed by atoms with van der Waals surface area (Å²) in [7, 11) is 1.78. The van der Waals surface area contributed by atoms with E-state index in [1.165, 1.54) is 0 Å². The standard InChI is InChI=1S/C9H15N5O.CH2O2/c1-11-7-4-8(13-9(10)12-7)14-3-2-6(15)5-14;2-1-3/h4,6,15H,2-3,5H2,1H3,(H3,10,11,12,13);1H,(H,2,3).